The Bertz CT molecular complexity index is 1140. The lowest BCUT2D eigenvalue weighted by molar-refractivity contribution is -0.134. The summed E-state index contributed by atoms with van der Waals surface area (Å²) in [4.78, 5) is 48.9. The van der Waals surface area contributed by atoms with Gasteiger partial charge < -0.3 is 19.0 Å². The Morgan fingerprint density at radius 2 is 1.32 bits per heavy atom. The van der Waals surface area contributed by atoms with Crippen molar-refractivity contribution in [3.8, 4) is 0 Å². The van der Waals surface area contributed by atoms with E-state index in [2.05, 4.69) is 4.74 Å². The second-order valence-corrected chi connectivity index (χ2v) is 9.31. The first kappa shape index (κ1) is 28.6. The van der Waals surface area contributed by atoms with Gasteiger partial charge in [0.1, 0.15) is 18.0 Å². The minimum Gasteiger partial charge on any atom is -0.466 e. The van der Waals surface area contributed by atoms with Crippen molar-refractivity contribution < 1.29 is 33.4 Å². The average molecular weight is 519 g/mol. The molecule has 1 saturated carbocycles. The number of carbonyl (C=O) groups is 4. The number of ketones is 1. The number of carbonyl (C=O) groups excluding carboxylic acids is 4. The maximum atomic E-state index is 12.9. The van der Waals surface area contributed by atoms with Gasteiger partial charge in [-0.05, 0) is 50.5 Å². The van der Waals surface area contributed by atoms with Crippen molar-refractivity contribution in [3.05, 3.63) is 96.1 Å². The number of rotatable bonds is 12. The van der Waals surface area contributed by atoms with Gasteiger partial charge in [0, 0.05) is 30.8 Å². The van der Waals surface area contributed by atoms with E-state index in [0.717, 1.165) is 0 Å². The predicted octanol–water partition coefficient (Wildman–Crippen LogP) is 5.51. The van der Waals surface area contributed by atoms with E-state index < -0.39 is 30.1 Å². The van der Waals surface area contributed by atoms with Crippen LogP contribution in [0.5, 0.6) is 0 Å². The van der Waals surface area contributed by atoms with Crippen LogP contribution in [0.1, 0.15) is 59.7 Å². The van der Waals surface area contributed by atoms with Crippen LogP contribution in [0.2, 0.25) is 0 Å². The van der Waals surface area contributed by atoms with Gasteiger partial charge >= 0.3 is 17.9 Å². The Morgan fingerprint density at radius 1 is 0.789 bits per heavy atom. The highest BCUT2D eigenvalue weighted by Crippen LogP contribution is 2.42. The molecule has 200 valence electrons. The molecule has 0 bridgehead atoms. The maximum Gasteiger partial charge on any atom is 0.338 e. The molecule has 3 rings (SSSR count). The Hall–Kier alpha value is -4.00. The zero-order valence-corrected chi connectivity index (χ0v) is 21.8. The first-order chi connectivity index (χ1) is 18.4. The van der Waals surface area contributed by atoms with Crippen molar-refractivity contribution in [1.82, 2.24) is 0 Å². The summed E-state index contributed by atoms with van der Waals surface area (Å²) in [5.74, 6) is -1.54. The van der Waals surface area contributed by atoms with E-state index in [1.54, 1.807) is 60.7 Å². The van der Waals surface area contributed by atoms with Gasteiger partial charge in [-0.25, -0.2) is 14.4 Å². The number of esters is 3. The van der Waals surface area contributed by atoms with Crippen LogP contribution in [0, 0.1) is 11.8 Å². The van der Waals surface area contributed by atoms with Crippen molar-refractivity contribution in [2.24, 2.45) is 11.8 Å². The Balaban J connectivity index is 1.80. The minimum absolute atomic E-state index is 0.0504. The number of hydrogen-bond acceptors (Lipinski definition) is 7. The first-order valence-corrected chi connectivity index (χ1v) is 12.8. The normalized spacial score (nSPS) is 20.9. The molecule has 1 aliphatic carbocycles. The highest BCUT2D eigenvalue weighted by atomic mass is 16.6. The topological polar surface area (TPSA) is 96.0 Å². The summed E-state index contributed by atoms with van der Waals surface area (Å²) in [6, 6.07) is 17.5. The molecular formula is C31H34O7. The van der Waals surface area contributed by atoms with E-state index in [1.807, 2.05) is 18.2 Å². The molecule has 2 aromatic rings. The zero-order chi connectivity index (χ0) is 27.3. The lowest BCUT2D eigenvalue weighted by Crippen LogP contribution is -2.27. The second kappa shape index (κ2) is 14.7. The summed E-state index contributed by atoms with van der Waals surface area (Å²) in [7, 11) is 1.32. The molecule has 7 heteroatoms. The van der Waals surface area contributed by atoms with E-state index in [9.17, 15) is 19.2 Å². The molecule has 4 atom stereocenters. The third-order valence-corrected chi connectivity index (χ3v) is 6.68. The molecule has 0 N–H and O–H groups in total. The molecule has 0 aliphatic heterocycles. The van der Waals surface area contributed by atoms with E-state index in [-0.39, 0.29) is 17.6 Å². The van der Waals surface area contributed by atoms with Crippen molar-refractivity contribution >= 4 is 23.7 Å². The number of methoxy groups -OCH3 is 1. The van der Waals surface area contributed by atoms with Crippen LogP contribution in [0.25, 0.3) is 0 Å². The summed E-state index contributed by atoms with van der Waals surface area (Å²) in [6.45, 7) is 1.54. The van der Waals surface area contributed by atoms with Crippen molar-refractivity contribution in [1.29, 1.82) is 0 Å². The molecule has 0 unspecified atom stereocenters. The third-order valence-electron chi connectivity index (χ3n) is 6.68. The highest BCUT2D eigenvalue weighted by Gasteiger charge is 2.46. The van der Waals surface area contributed by atoms with Crippen molar-refractivity contribution in [3.63, 3.8) is 0 Å². The number of Topliss-reactive ketones (excluding diaryl/α,β-unsaturated/α-hetero) is 1. The summed E-state index contributed by atoms with van der Waals surface area (Å²) >= 11 is 0. The van der Waals surface area contributed by atoms with Crippen LogP contribution < -0.4 is 0 Å². The standard InChI is InChI=1S/C31H34O7/c1-22(32)19-20-26-25(17-11-3-4-12-18-29(33)36-2)27(37-30(34)23-13-7-5-8-14-23)21-28(26)38-31(35)24-15-9-6-10-16-24/h3-10,12-16,18,25-28H,11,17,19-21H2,1-2H3/b4-3-,18-12?/t25-,26-,27+,28-/m1/s1. The zero-order valence-electron chi connectivity index (χ0n) is 21.8. The monoisotopic (exact) mass is 518 g/mol. The van der Waals surface area contributed by atoms with Gasteiger partial charge in [-0.3, -0.25) is 0 Å². The number of allylic oxidation sites excluding steroid dienone is 3. The Morgan fingerprint density at radius 3 is 1.82 bits per heavy atom. The van der Waals surface area contributed by atoms with Crippen molar-refractivity contribution in [2.75, 3.05) is 7.11 Å². The van der Waals surface area contributed by atoms with Gasteiger partial charge in [0.15, 0.2) is 0 Å². The maximum absolute atomic E-state index is 12.9. The lowest BCUT2D eigenvalue weighted by Gasteiger charge is -2.26. The first-order valence-electron chi connectivity index (χ1n) is 12.8. The van der Waals surface area contributed by atoms with Crippen molar-refractivity contribution in [2.45, 2.75) is 51.2 Å². The van der Waals surface area contributed by atoms with E-state index >= 15 is 0 Å². The predicted molar refractivity (Wildman–Crippen MR) is 142 cm³/mol. The second-order valence-electron chi connectivity index (χ2n) is 9.31. The van der Waals surface area contributed by atoms with E-state index in [1.165, 1.54) is 20.1 Å². The molecule has 38 heavy (non-hydrogen) atoms. The Kier molecular flexibility index (Phi) is 11.0. The molecular weight excluding hydrogens is 484 g/mol. The molecule has 0 aromatic heterocycles. The van der Waals surface area contributed by atoms with Crippen LogP contribution in [0.15, 0.2) is 85.0 Å². The molecule has 2 aromatic carbocycles. The molecule has 0 amide bonds. The fraction of sp³-hybridized carbons (Fsp3) is 0.355. The molecule has 7 nitrogen and oxygen atoms in total. The van der Waals surface area contributed by atoms with Gasteiger partial charge in [-0.1, -0.05) is 54.6 Å². The van der Waals surface area contributed by atoms with E-state index in [0.29, 0.717) is 43.2 Å². The summed E-state index contributed by atoms with van der Waals surface area (Å²) in [5.41, 5.74) is 0.892. The molecule has 1 aliphatic rings. The van der Waals surface area contributed by atoms with Crippen LogP contribution in [0.4, 0.5) is 0 Å². The summed E-state index contributed by atoms with van der Waals surface area (Å²) in [5, 5.41) is 0. The van der Waals surface area contributed by atoms with Crippen LogP contribution >= 0.6 is 0 Å². The average Bonchev–Trinajstić information content (AvgIpc) is 3.24. The smallest absolute Gasteiger partial charge is 0.338 e. The van der Waals surface area contributed by atoms with Crippen LogP contribution in [0.3, 0.4) is 0 Å². The molecule has 0 heterocycles. The minimum atomic E-state index is -0.496. The summed E-state index contributed by atoms with van der Waals surface area (Å²) in [6.07, 6.45) is 8.15. The largest absolute Gasteiger partial charge is 0.466 e. The van der Waals surface area contributed by atoms with Gasteiger partial charge in [0.2, 0.25) is 0 Å². The lowest BCUT2D eigenvalue weighted by atomic mass is 9.85. The fourth-order valence-electron chi connectivity index (χ4n) is 4.80. The number of ether oxygens (including phenoxy) is 3. The van der Waals surface area contributed by atoms with Crippen LogP contribution in [-0.2, 0) is 23.8 Å². The quantitative estimate of drug-likeness (QED) is 0.158. The number of benzene rings is 2. The van der Waals surface area contributed by atoms with E-state index in [4.69, 9.17) is 9.47 Å². The molecule has 1 fully saturated rings. The summed E-state index contributed by atoms with van der Waals surface area (Å²) < 4.78 is 16.5. The SMILES string of the molecule is COC(=O)C=C/C=C\CC[C@@H]1[C@@H](CCC(C)=O)[C@H](OC(=O)c2ccccc2)C[C@@H]1OC(=O)c1ccccc1. The Labute approximate surface area is 223 Å². The van der Waals surface area contributed by atoms with Gasteiger partial charge in [0.05, 0.1) is 18.2 Å². The molecule has 0 saturated heterocycles. The van der Waals surface area contributed by atoms with Crippen LogP contribution in [-0.4, -0.2) is 43.0 Å². The molecule has 0 radical (unpaired) electrons. The third kappa shape index (κ3) is 8.54. The van der Waals surface area contributed by atoms with Gasteiger partial charge in [0.25, 0.3) is 0 Å². The fourth-order valence-corrected chi connectivity index (χ4v) is 4.80. The van der Waals surface area contributed by atoms with Gasteiger partial charge in [-0.2, -0.15) is 0 Å². The number of hydrogen-bond donors (Lipinski definition) is 0. The highest BCUT2D eigenvalue weighted by molar-refractivity contribution is 5.90. The molecule has 0 spiro atoms. The van der Waals surface area contributed by atoms with Gasteiger partial charge in [-0.15, -0.1) is 0 Å².